The van der Waals surface area contributed by atoms with Crippen LogP contribution in [-0.4, -0.2) is 18.7 Å². The van der Waals surface area contributed by atoms with Gasteiger partial charge < -0.3 is 10.1 Å². The molecule has 2 unspecified atom stereocenters. The molecule has 0 spiro atoms. The number of hydrogen-bond acceptors (Lipinski definition) is 2. The highest BCUT2D eigenvalue weighted by atomic mass is 16.5. The first-order valence-electron chi connectivity index (χ1n) is 7.31. The average Bonchev–Trinajstić information content (AvgIpc) is 2.35. The molecule has 2 nitrogen and oxygen atoms in total. The molecule has 0 bridgehead atoms. The Morgan fingerprint density at radius 2 is 1.68 bits per heavy atom. The highest BCUT2D eigenvalue weighted by Crippen LogP contribution is 2.25. The van der Waals surface area contributed by atoms with E-state index in [9.17, 15) is 0 Å². The molecular formula is C17H29NO. The van der Waals surface area contributed by atoms with E-state index in [-0.39, 0.29) is 5.54 Å². The van der Waals surface area contributed by atoms with Crippen molar-refractivity contribution in [1.82, 2.24) is 5.32 Å². The molecule has 0 aliphatic rings. The van der Waals surface area contributed by atoms with E-state index in [0.29, 0.717) is 11.8 Å². The molecule has 19 heavy (non-hydrogen) atoms. The van der Waals surface area contributed by atoms with Crippen LogP contribution in [0.25, 0.3) is 0 Å². The van der Waals surface area contributed by atoms with Gasteiger partial charge in [0.15, 0.2) is 0 Å². The maximum absolute atomic E-state index is 5.48. The molecule has 0 aliphatic carbocycles. The predicted octanol–water partition coefficient (Wildman–Crippen LogP) is 4.21. The number of ether oxygens (including phenoxy) is 1. The van der Waals surface area contributed by atoms with Crippen LogP contribution < -0.4 is 10.1 Å². The minimum atomic E-state index is 0.187. The summed E-state index contributed by atoms with van der Waals surface area (Å²) in [5.74, 6) is 2.11. The molecule has 0 aliphatic heterocycles. The zero-order valence-corrected chi connectivity index (χ0v) is 13.3. The quantitative estimate of drug-likeness (QED) is 0.830. The second-order valence-corrected chi connectivity index (χ2v) is 6.40. The Morgan fingerprint density at radius 1 is 1.11 bits per heavy atom. The molecule has 2 atom stereocenters. The number of rotatable bonds is 6. The largest absolute Gasteiger partial charge is 0.494 e. The van der Waals surface area contributed by atoms with Crippen molar-refractivity contribution in [3.63, 3.8) is 0 Å². The van der Waals surface area contributed by atoms with E-state index < -0.39 is 0 Å². The van der Waals surface area contributed by atoms with Crippen molar-refractivity contribution in [1.29, 1.82) is 0 Å². The summed E-state index contributed by atoms with van der Waals surface area (Å²) in [5.41, 5.74) is 1.57. The summed E-state index contributed by atoms with van der Waals surface area (Å²) in [7, 11) is 0. The van der Waals surface area contributed by atoms with Gasteiger partial charge in [0.2, 0.25) is 0 Å². The van der Waals surface area contributed by atoms with Gasteiger partial charge in [0.1, 0.15) is 5.75 Å². The van der Waals surface area contributed by atoms with E-state index >= 15 is 0 Å². The van der Waals surface area contributed by atoms with Gasteiger partial charge in [-0.3, -0.25) is 0 Å². The summed E-state index contributed by atoms with van der Waals surface area (Å²) < 4.78 is 5.48. The van der Waals surface area contributed by atoms with Gasteiger partial charge in [-0.25, -0.2) is 0 Å². The Morgan fingerprint density at radius 3 is 2.16 bits per heavy atom. The second kappa shape index (κ2) is 6.95. The van der Waals surface area contributed by atoms with E-state index in [1.165, 1.54) is 5.56 Å². The maximum Gasteiger partial charge on any atom is 0.119 e. The molecule has 1 N–H and O–H groups in total. The van der Waals surface area contributed by atoms with Gasteiger partial charge in [0.05, 0.1) is 6.61 Å². The van der Waals surface area contributed by atoms with Crippen LogP contribution in [0.1, 0.15) is 53.0 Å². The van der Waals surface area contributed by atoms with E-state index in [0.717, 1.165) is 18.9 Å². The fourth-order valence-corrected chi connectivity index (χ4v) is 2.01. The Kier molecular flexibility index (Phi) is 5.86. The topological polar surface area (TPSA) is 21.3 Å². The molecule has 0 heterocycles. The molecule has 0 saturated carbocycles. The van der Waals surface area contributed by atoms with Crippen LogP contribution in [0.2, 0.25) is 0 Å². The maximum atomic E-state index is 5.48. The fraction of sp³-hybridized carbons (Fsp3) is 0.647. The number of hydrogen-bond donors (Lipinski definition) is 1. The molecule has 1 aromatic carbocycles. The van der Waals surface area contributed by atoms with Crippen molar-refractivity contribution < 1.29 is 4.74 Å². The molecule has 0 fully saturated rings. The Hall–Kier alpha value is -1.02. The van der Waals surface area contributed by atoms with Gasteiger partial charge >= 0.3 is 0 Å². The molecule has 1 aromatic rings. The highest BCUT2D eigenvalue weighted by Gasteiger charge is 2.17. The molecular weight excluding hydrogens is 234 g/mol. The van der Waals surface area contributed by atoms with E-state index in [1.54, 1.807) is 0 Å². The summed E-state index contributed by atoms with van der Waals surface area (Å²) >= 11 is 0. The lowest BCUT2D eigenvalue weighted by molar-refractivity contribution is 0.339. The van der Waals surface area contributed by atoms with Crippen LogP contribution in [0, 0.1) is 5.92 Å². The summed E-state index contributed by atoms with van der Waals surface area (Å²) in [6.07, 6.45) is 0. The normalized spacial score (nSPS) is 15.1. The SMILES string of the molecule is CCOc1ccc(C(C)C(C)CNC(C)(C)C)cc1. The smallest absolute Gasteiger partial charge is 0.119 e. The lowest BCUT2D eigenvalue weighted by atomic mass is 9.88. The second-order valence-electron chi connectivity index (χ2n) is 6.40. The van der Waals surface area contributed by atoms with Crippen molar-refractivity contribution in [2.45, 2.75) is 53.0 Å². The summed E-state index contributed by atoms with van der Waals surface area (Å²) in [4.78, 5) is 0. The van der Waals surface area contributed by atoms with E-state index in [2.05, 4.69) is 64.2 Å². The van der Waals surface area contributed by atoms with Gasteiger partial charge in [-0.1, -0.05) is 26.0 Å². The minimum Gasteiger partial charge on any atom is -0.494 e. The third-order valence-electron chi connectivity index (χ3n) is 3.52. The molecule has 0 amide bonds. The average molecular weight is 263 g/mol. The Labute approximate surface area is 118 Å². The summed E-state index contributed by atoms with van der Waals surface area (Å²) in [5, 5.41) is 3.58. The van der Waals surface area contributed by atoms with E-state index in [4.69, 9.17) is 4.74 Å². The lowest BCUT2D eigenvalue weighted by Crippen LogP contribution is -2.39. The molecule has 0 radical (unpaired) electrons. The van der Waals surface area contributed by atoms with E-state index in [1.807, 2.05) is 6.92 Å². The Bertz CT molecular complexity index is 364. The summed E-state index contributed by atoms with van der Waals surface area (Å²) in [6.45, 7) is 15.0. The third-order valence-corrected chi connectivity index (χ3v) is 3.52. The van der Waals surface area contributed by atoms with Crippen LogP contribution in [0.4, 0.5) is 0 Å². The van der Waals surface area contributed by atoms with Crippen LogP contribution in [0.15, 0.2) is 24.3 Å². The van der Waals surface area contributed by atoms with Crippen LogP contribution in [0.3, 0.4) is 0 Å². The Balaban J connectivity index is 2.58. The number of nitrogens with one attached hydrogen (secondary N) is 1. The number of benzene rings is 1. The lowest BCUT2D eigenvalue weighted by Gasteiger charge is -2.27. The van der Waals surface area contributed by atoms with Gasteiger partial charge in [-0.2, -0.15) is 0 Å². The predicted molar refractivity (Wildman–Crippen MR) is 82.9 cm³/mol. The summed E-state index contributed by atoms with van der Waals surface area (Å²) in [6, 6.07) is 8.50. The molecule has 108 valence electrons. The molecule has 2 heteroatoms. The third kappa shape index (κ3) is 5.65. The van der Waals surface area contributed by atoms with Gasteiger partial charge in [-0.15, -0.1) is 0 Å². The van der Waals surface area contributed by atoms with Gasteiger partial charge in [0.25, 0.3) is 0 Å². The van der Waals surface area contributed by atoms with Crippen LogP contribution in [-0.2, 0) is 0 Å². The van der Waals surface area contributed by atoms with Gasteiger partial charge in [0, 0.05) is 5.54 Å². The first-order chi connectivity index (χ1) is 8.83. The van der Waals surface area contributed by atoms with Crippen molar-refractivity contribution in [2.24, 2.45) is 5.92 Å². The fourth-order valence-electron chi connectivity index (χ4n) is 2.01. The zero-order valence-electron chi connectivity index (χ0n) is 13.3. The highest BCUT2D eigenvalue weighted by molar-refractivity contribution is 5.29. The zero-order chi connectivity index (χ0) is 14.5. The van der Waals surface area contributed by atoms with Crippen molar-refractivity contribution in [2.75, 3.05) is 13.2 Å². The van der Waals surface area contributed by atoms with Crippen molar-refractivity contribution >= 4 is 0 Å². The monoisotopic (exact) mass is 263 g/mol. The van der Waals surface area contributed by atoms with Gasteiger partial charge in [-0.05, 0) is 63.8 Å². The minimum absolute atomic E-state index is 0.187. The first-order valence-corrected chi connectivity index (χ1v) is 7.31. The van der Waals surface area contributed by atoms with Crippen molar-refractivity contribution in [3.8, 4) is 5.75 Å². The standard InChI is InChI=1S/C17H29NO/c1-7-19-16-10-8-15(9-11-16)14(3)13(2)12-18-17(4,5)6/h8-11,13-14,18H,7,12H2,1-6H3. The first kappa shape index (κ1) is 16.0. The molecule has 1 rings (SSSR count). The van der Waals surface area contributed by atoms with Crippen LogP contribution >= 0.6 is 0 Å². The van der Waals surface area contributed by atoms with Crippen molar-refractivity contribution in [3.05, 3.63) is 29.8 Å². The molecule has 0 saturated heterocycles. The van der Waals surface area contributed by atoms with Crippen LogP contribution in [0.5, 0.6) is 5.75 Å². The molecule has 0 aromatic heterocycles.